The van der Waals surface area contributed by atoms with Crippen molar-refractivity contribution in [2.45, 2.75) is 20.4 Å². The van der Waals surface area contributed by atoms with Crippen LogP contribution < -0.4 is 16.2 Å². The van der Waals surface area contributed by atoms with E-state index in [4.69, 9.17) is 10.8 Å². The number of fused-ring (bicyclic) bond motifs is 2. The summed E-state index contributed by atoms with van der Waals surface area (Å²) in [5, 5.41) is 16.1. The Morgan fingerprint density at radius 1 is 1.03 bits per heavy atom. The molecule has 0 radical (unpaired) electrons. The summed E-state index contributed by atoms with van der Waals surface area (Å²) in [4.78, 5) is 20.4. The summed E-state index contributed by atoms with van der Waals surface area (Å²) in [7, 11) is 1.88. The molecule has 0 amide bonds. The summed E-state index contributed by atoms with van der Waals surface area (Å²) in [6.07, 6.45) is 0. The minimum Gasteiger partial charge on any atom is -0.505 e. The van der Waals surface area contributed by atoms with Crippen molar-refractivity contribution in [3.05, 3.63) is 105 Å². The van der Waals surface area contributed by atoms with Crippen molar-refractivity contribution in [2.75, 3.05) is 18.6 Å². The van der Waals surface area contributed by atoms with Crippen molar-refractivity contribution < 1.29 is 9.50 Å². The van der Waals surface area contributed by atoms with Gasteiger partial charge in [0.05, 0.1) is 23.2 Å². The van der Waals surface area contributed by atoms with Crippen LogP contribution >= 0.6 is 0 Å². The fourth-order valence-corrected chi connectivity index (χ4v) is 5.31. The zero-order valence-corrected chi connectivity index (χ0v) is 21.8. The molecule has 0 unspecified atom stereocenters. The van der Waals surface area contributed by atoms with E-state index in [0.29, 0.717) is 40.5 Å². The molecule has 1 aliphatic heterocycles. The first-order chi connectivity index (χ1) is 18.7. The second-order valence-corrected chi connectivity index (χ2v) is 9.86. The Balaban J connectivity index is 1.61. The van der Waals surface area contributed by atoms with Gasteiger partial charge in [-0.1, -0.05) is 36.4 Å². The van der Waals surface area contributed by atoms with Crippen LogP contribution in [0.5, 0.6) is 5.75 Å². The van der Waals surface area contributed by atoms with E-state index in [1.807, 2.05) is 74.3 Å². The molecule has 5 aromatic rings. The maximum atomic E-state index is 14.3. The average Bonchev–Trinajstić information content (AvgIpc) is 3.29. The van der Waals surface area contributed by atoms with Crippen LogP contribution in [0.3, 0.4) is 0 Å². The molecule has 9 heteroatoms. The van der Waals surface area contributed by atoms with Crippen molar-refractivity contribution in [1.29, 1.82) is 0 Å². The van der Waals surface area contributed by atoms with Gasteiger partial charge in [0, 0.05) is 18.3 Å². The van der Waals surface area contributed by atoms with Crippen molar-refractivity contribution in [2.24, 2.45) is 10.7 Å². The monoisotopic (exact) mass is 522 g/mol. The van der Waals surface area contributed by atoms with Gasteiger partial charge in [-0.05, 0) is 60.7 Å². The number of halogens is 1. The second-order valence-electron chi connectivity index (χ2n) is 9.86. The highest BCUT2D eigenvalue weighted by Crippen LogP contribution is 2.35. The number of aromatic hydroxyl groups is 1. The van der Waals surface area contributed by atoms with Crippen LogP contribution in [0, 0.1) is 19.7 Å². The van der Waals surface area contributed by atoms with Gasteiger partial charge in [0.2, 0.25) is 0 Å². The number of aromatic nitrogens is 3. The molecule has 0 spiro atoms. The van der Waals surface area contributed by atoms with Crippen LogP contribution in [0.1, 0.15) is 22.4 Å². The molecule has 0 saturated heterocycles. The Morgan fingerprint density at radius 2 is 1.79 bits per heavy atom. The molecule has 3 heterocycles. The number of pyridine rings is 1. The first kappa shape index (κ1) is 24.4. The maximum absolute atomic E-state index is 14.3. The van der Waals surface area contributed by atoms with Crippen molar-refractivity contribution >= 4 is 22.4 Å². The van der Waals surface area contributed by atoms with Gasteiger partial charge in [-0.3, -0.25) is 9.36 Å². The molecule has 3 N–H and O–H groups in total. The normalized spacial score (nSPS) is 13.0. The Labute approximate surface area is 224 Å². The molecule has 3 aromatic carbocycles. The number of amidine groups is 1. The third kappa shape index (κ3) is 3.94. The summed E-state index contributed by atoms with van der Waals surface area (Å²) >= 11 is 0. The predicted molar refractivity (Wildman–Crippen MR) is 151 cm³/mol. The highest BCUT2D eigenvalue weighted by Gasteiger charge is 2.28. The van der Waals surface area contributed by atoms with Gasteiger partial charge in [0.25, 0.3) is 5.56 Å². The minimum atomic E-state index is -0.756. The largest absolute Gasteiger partial charge is 0.505 e. The van der Waals surface area contributed by atoms with Crippen LogP contribution in [-0.2, 0) is 6.54 Å². The molecule has 196 valence electrons. The lowest BCUT2D eigenvalue weighted by Crippen LogP contribution is -2.31. The van der Waals surface area contributed by atoms with Gasteiger partial charge in [-0.15, -0.1) is 0 Å². The lowest BCUT2D eigenvalue weighted by molar-refractivity contribution is 0.432. The topological polar surface area (TPSA) is 102 Å². The Kier molecular flexibility index (Phi) is 5.71. The summed E-state index contributed by atoms with van der Waals surface area (Å²) in [6.45, 7) is 4.49. The summed E-state index contributed by atoms with van der Waals surface area (Å²) in [5.41, 5.74) is 11.1. The zero-order valence-electron chi connectivity index (χ0n) is 21.8. The van der Waals surface area contributed by atoms with E-state index in [9.17, 15) is 14.3 Å². The molecule has 0 fully saturated rings. The summed E-state index contributed by atoms with van der Waals surface area (Å²) < 4.78 is 17.9. The number of nitrogens with zero attached hydrogens (tertiary/aromatic N) is 5. The van der Waals surface area contributed by atoms with Gasteiger partial charge in [0.1, 0.15) is 24.0 Å². The van der Waals surface area contributed by atoms with Crippen LogP contribution in [0.15, 0.2) is 76.5 Å². The average molecular weight is 523 g/mol. The molecule has 39 heavy (non-hydrogen) atoms. The summed E-state index contributed by atoms with van der Waals surface area (Å²) in [6, 6.07) is 19.7. The molecule has 0 saturated carbocycles. The molecular formula is C30H27FN6O2. The fraction of sp³-hybridized carbons (Fsp3) is 0.167. The molecule has 1 aliphatic rings. The van der Waals surface area contributed by atoms with Crippen molar-refractivity contribution in [1.82, 2.24) is 14.3 Å². The predicted octanol–water partition coefficient (Wildman–Crippen LogP) is 4.48. The van der Waals surface area contributed by atoms with E-state index in [-0.39, 0.29) is 12.1 Å². The quantitative estimate of drug-likeness (QED) is 0.363. The number of para-hydroxylation sites is 1. The van der Waals surface area contributed by atoms with Crippen LogP contribution in [0.2, 0.25) is 0 Å². The van der Waals surface area contributed by atoms with Crippen LogP contribution in [-0.4, -0.2) is 39.0 Å². The Hall–Kier alpha value is -4.92. The third-order valence-corrected chi connectivity index (χ3v) is 7.22. The van der Waals surface area contributed by atoms with Gasteiger partial charge >= 0.3 is 0 Å². The van der Waals surface area contributed by atoms with E-state index in [1.165, 1.54) is 12.1 Å². The minimum absolute atomic E-state index is 0.105. The number of benzene rings is 3. The first-order valence-electron chi connectivity index (χ1n) is 12.6. The SMILES string of the molecule is Cc1ccccc1-n1c(Cn2nc(-c3ccc(O)c(F)c3)c3c2N(C)CN=C3N)cc2cccc(C)c2c1=O. The number of rotatable bonds is 4. The first-order valence-corrected chi connectivity index (χ1v) is 12.6. The number of hydrogen-bond acceptors (Lipinski definition) is 6. The molecule has 6 rings (SSSR count). The lowest BCUT2D eigenvalue weighted by Gasteiger charge is -2.25. The standard InChI is InChI=1S/C30H27FN6O2/c1-17-7-4-5-10-23(17)37-21(13-19-9-6-8-18(2)25(19)30(37)39)15-36-29-26(28(32)33-16-35(29)3)27(34-36)20-11-12-24(38)22(31)14-20/h4-14,38H,15-16H2,1-3H3,(H2,32,33). The Bertz CT molecular complexity index is 1870. The molecule has 0 bridgehead atoms. The fourth-order valence-electron chi connectivity index (χ4n) is 5.31. The molecular weight excluding hydrogens is 495 g/mol. The molecule has 2 aromatic heterocycles. The third-order valence-electron chi connectivity index (χ3n) is 7.22. The second kappa shape index (κ2) is 9.13. The zero-order chi connectivity index (χ0) is 27.4. The van der Waals surface area contributed by atoms with Gasteiger partial charge in [0.15, 0.2) is 11.6 Å². The van der Waals surface area contributed by atoms with E-state index in [2.05, 4.69) is 4.99 Å². The number of nitrogens with two attached hydrogens (primary N) is 1. The van der Waals surface area contributed by atoms with Crippen LogP contribution in [0.25, 0.3) is 27.7 Å². The smallest absolute Gasteiger partial charge is 0.263 e. The van der Waals surface area contributed by atoms with Gasteiger partial charge in [-0.25, -0.2) is 14.1 Å². The van der Waals surface area contributed by atoms with E-state index >= 15 is 0 Å². The van der Waals surface area contributed by atoms with Crippen molar-refractivity contribution in [3.8, 4) is 22.7 Å². The number of phenols is 1. The van der Waals surface area contributed by atoms with Crippen LogP contribution in [0.4, 0.5) is 10.2 Å². The number of aliphatic imine (C=N–C) groups is 1. The number of hydrogen-bond donors (Lipinski definition) is 2. The van der Waals surface area contributed by atoms with Crippen molar-refractivity contribution in [3.63, 3.8) is 0 Å². The molecule has 0 aliphatic carbocycles. The number of aryl methyl sites for hydroxylation is 2. The summed E-state index contributed by atoms with van der Waals surface area (Å²) in [5.74, 6) is -0.198. The molecule has 0 atom stereocenters. The van der Waals surface area contributed by atoms with E-state index in [1.54, 1.807) is 15.3 Å². The highest BCUT2D eigenvalue weighted by atomic mass is 19.1. The van der Waals surface area contributed by atoms with Gasteiger partial charge < -0.3 is 15.7 Å². The highest BCUT2D eigenvalue weighted by molar-refractivity contribution is 6.08. The Morgan fingerprint density at radius 3 is 2.56 bits per heavy atom. The number of phenolic OH excluding ortho intramolecular Hbond substituents is 1. The molecule has 8 nitrogen and oxygen atoms in total. The van der Waals surface area contributed by atoms with Gasteiger partial charge in [-0.2, -0.15) is 5.10 Å². The maximum Gasteiger partial charge on any atom is 0.263 e. The number of anilines is 1. The van der Waals surface area contributed by atoms with E-state index < -0.39 is 11.6 Å². The van der Waals surface area contributed by atoms with E-state index in [0.717, 1.165) is 27.9 Å². The lowest BCUT2D eigenvalue weighted by atomic mass is 10.0.